The fraction of sp³-hybridized carbons (Fsp3) is 0.222. The summed E-state index contributed by atoms with van der Waals surface area (Å²) in [5.74, 6) is -1.97. The molecule has 144 valence electrons. The van der Waals surface area contributed by atoms with Crippen molar-refractivity contribution in [3.63, 3.8) is 0 Å². The maximum Gasteiger partial charge on any atom is 0.328 e. The molecule has 2 aromatic carbocycles. The van der Waals surface area contributed by atoms with Crippen LogP contribution in [0.2, 0.25) is 0 Å². The van der Waals surface area contributed by atoms with E-state index in [2.05, 4.69) is 10.0 Å². The number of sulfonamides is 1. The molecule has 0 saturated carbocycles. The van der Waals surface area contributed by atoms with Gasteiger partial charge in [0.1, 0.15) is 11.9 Å². The number of esters is 1. The van der Waals surface area contributed by atoms with Crippen LogP contribution in [0.25, 0.3) is 0 Å². The maximum absolute atomic E-state index is 13.7. The summed E-state index contributed by atoms with van der Waals surface area (Å²) >= 11 is 0. The lowest BCUT2D eigenvalue weighted by molar-refractivity contribution is -0.144. The van der Waals surface area contributed by atoms with Crippen molar-refractivity contribution in [2.24, 2.45) is 0 Å². The molecule has 27 heavy (non-hydrogen) atoms. The van der Waals surface area contributed by atoms with Gasteiger partial charge < -0.3 is 10.1 Å². The Labute approximate surface area is 156 Å². The average molecular weight is 394 g/mol. The normalized spacial score (nSPS) is 12.1. The van der Waals surface area contributed by atoms with E-state index in [0.29, 0.717) is 0 Å². The second-order valence-electron chi connectivity index (χ2n) is 5.56. The van der Waals surface area contributed by atoms with Gasteiger partial charge in [-0.3, -0.25) is 9.52 Å². The highest BCUT2D eigenvalue weighted by molar-refractivity contribution is 7.92. The minimum atomic E-state index is -4.11. The predicted octanol–water partition coefficient (Wildman–Crippen LogP) is 2.31. The van der Waals surface area contributed by atoms with Gasteiger partial charge in [0.15, 0.2) is 0 Å². The minimum Gasteiger partial charge on any atom is -0.464 e. The molecule has 9 heteroatoms. The molecule has 2 N–H and O–H groups in total. The fourth-order valence-corrected chi connectivity index (χ4v) is 3.27. The van der Waals surface area contributed by atoms with Gasteiger partial charge in [0.05, 0.1) is 17.2 Å². The van der Waals surface area contributed by atoms with Crippen molar-refractivity contribution in [1.29, 1.82) is 0 Å². The van der Waals surface area contributed by atoms with Gasteiger partial charge in [-0.05, 0) is 44.2 Å². The van der Waals surface area contributed by atoms with Crippen molar-refractivity contribution in [3.05, 3.63) is 59.9 Å². The number of nitrogens with one attached hydrogen (secondary N) is 2. The van der Waals surface area contributed by atoms with Crippen molar-refractivity contribution in [1.82, 2.24) is 5.32 Å². The van der Waals surface area contributed by atoms with Crippen LogP contribution in [0.5, 0.6) is 0 Å². The third-order valence-electron chi connectivity index (χ3n) is 3.51. The molecular formula is C18H19FN2O5S. The Bertz CT molecular complexity index is 946. The Morgan fingerprint density at radius 1 is 1.15 bits per heavy atom. The second-order valence-corrected chi connectivity index (χ2v) is 7.24. The first-order chi connectivity index (χ1) is 12.7. The summed E-state index contributed by atoms with van der Waals surface area (Å²) in [6.07, 6.45) is 0. The molecule has 1 unspecified atom stereocenters. The molecule has 0 saturated heterocycles. The molecule has 0 aliphatic rings. The van der Waals surface area contributed by atoms with Crippen LogP contribution < -0.4 is 10.0 Å². The Morgan fingerprint density at radius 3 is 2.52 bits per heavy atom. The van der Waals surface area contributed by atoms with Crippen molar-refractivity contribution in [2.75, 3.05) is 11.3 Å². The maximum atomic E-state index is 13.7. The van der Waals surface area contributed by atoms with E-state index >= 15 is 0 Å². The molecule has 2 rings (SSSR count). The van der Waals surface area contributed by atoms with Crippen molar-refractivity contribution >= 4 is 27.6 Å². The summed E-state index contributed by atoms with van der Waals surface area (Å²) in [5, 5.41) is 2.43. The van der Waals surface area contributed by atoms with Crippen LogP contribution in [0.15, 0.2) is 53.4 Å². The summed E-state index contributed by atoms with van der Waals surface area (Å²) in [4.78, 5) is 23.6. The number of hydrogen-bond acceptors (Lipinski definition) is 5. The number of halogens is 1. The first-order valence-electron chi connectivity index (χ1n) is 8.09. The number of carbonyl (C=O) groups excluding carboxylic acids is 2. The molecule has 0 aromatic heterocycles. The fourth-order valence-electron chi connectivity index (χ4n) is 2.16. The zero-order valence-corrected chi connectivity index (χ0v) is 15.5. The first kappa shape index (κ1) is 20.4. The number of hydrogen-bond donors (Lipinski definition) is 2. The first-order valence-corrected chi connectivity index (χ1v) is 9.58. The third kappa shape index (κ3) is 5.27. The zero-order valence-electron chi connectivity index (χ0n) is 14.7. The lowest BCUT2D eigenvalue weighted by Gasteiger charge is -2.13. The van der Waals surface area contributed by atoms with Gasteiger partial charge in [-0.2, -0.15) is 0 Å². The molecule has 1 atom stereocenters. The molecule has 7 nitrogen and oxygen atoms in total. The highest BCUT2D eigenvalue weighted by Gasteiger charge is 2.20. The molecule has 1 amide bonds. The van der Waals surface area contributed by atoms with Gasteiger partial charge in [0.25, 0.3) is 15.9 Å². The van der Waals surface area contributed by atoms with Crippen molar-refractivity contribution in [3.8, 4) is 0 Å². The Balaban J connectivity index is 2.20. The number of benzene rings is 2. The monoisotopic (exact) mass is 394 g/mol. The largest absolute Gasteiger partial charge is 0.464 e. The summed E-state index contributed by atoms with van der Waals surface area (Å²) in [6, 6.07) is 9.61. The number of rotatable bonds is 7. The molecule has 2 aromatic rings. The minimum absolute atomic E-state index is 0.0301. The van der Waals surface area contributed by atoms with E-state index in [1.807, 2.05) is 0 Å². The van der Waals surface area contributed by atoms with Gasteiger partial charge in [-0.25, -0.2) is 17.6 Å². The van der Waals surface area contributed by atoms with Gasteiger partial charge in [0.2, 0.25) is 0 Å². The van der Waals surface area contributed by atoms with Crippen molar-refractivity contribution < 1.29 is 27.1 Å². The lowest BCUT2D eigenvalue weighted by atomic mass is 10.2. The molecule has 0 aliphatic carbocycles. The number of ether oxygens (including phenoxy) is 1. The quantitative estimate of drug-likeness (QED) is 0.702. The summed E-state index contributed by atoms with van der Waals surface area (Å²) in [6.45, 7) is 3.27. The van der Waals surface area contributed by atoms with E-state index in [4.69, 9.17) is 4.74 Å². The van der Waals surface area contributed by atoms with Gasteiger partial charge in [0, 0.05) is 5.56 Å². The summed E-state index contributed by atoms with van der Waals surface area (Å²) in [7, 11) is -4.11. The second kappa shape index (κ2) is 8.63. The topological polar surface area (TPSA) is 102 Å². The standard InChI is InChI=1S/C18H19FN2O5S/c1-3-26-18(23)12(2)20-17(22)13-7-6-8-14(11-13)27(24,25)21-16-10-5-4-9-15(16)19/h4-12,21H,3H2,1-2H3,(H,20,22). The van der Waals surface area contributed by atoms with Crippen LogP contribution in [0, 0.1) is 5.82 Å². The van der Waals surface area contributed by atoms with Crippen LogP contribution >= 0.6 is 0 Å². The molecule has 0 heterocycles. The average Bonchev–Trinajstić information content (AvgIpc) is 2.63. The van der Waals surface area contributed by atoms with Crippen LogP contribution in [0.4, 0.5) is 10.1 Å². The van der Waals surface area contributed by atoms with Gasteiger partial charge >= 0.3 is 5.97 Å². The number of carbonyl (C=O) groups is 2. The Kier molecular flexibility index (Phi) is 6.51. The third-order valence-corrected chi connectivity index (χ3v) is 4.88. The smallest absolute Gasteiger partial charge is 0.328 e. The van der Waals surface area contributed by atoms with E-state index in [1.165, 1.54) is 43.3 Å². The Morgan fingerprint density at radius 2 is 1.85 bits per heavy atom. The molecule has 0 aliphatic heterocycles. The summed E-state index contributed by atoms with van der Waals surface area (Å²) in [5.41, 5.74) is -0.175. The molecular weight excluding hydrogens is 375 g/mol. The number of amides is 1. The molecule has 0 fully saturated rings. The number of para-hydroxylation sites is 1. The molecule has 0 spiro atoms. The lowest BCUT2D eigenvalue weighted by Crippen LogP contribution is -2.39. The van der Waals surface area contributed by atoms with Gasteiger partial charge in [-0.15, -0.1) is 0 Å². The van der Waals surface area contributed by atoms with E-state index in [-0.39, 0.29) is 22.8 Å². The van der Waals surface area contributed by atoms with Crippen LogP contribution in [0.3, 0.4) is 0 Å². The SMILES string of the molecule is CCOC(=O)C(C)NC(=O)c1cccc(S(=O)(=O)Nc2ccccc2F)c1. The highest BCUT2D eigenvalue weighted by atomic mass is 32.2. The van der Waals surface area contributed by atoms with Crippen molar-refractivity contribution in [2.45, 2.75) is 24.8 Å². The van der Waals surface area contributed by atoms with E-state index in [0.717, 1.165) is 12.1 Å². The zero-order chi connectivity index (χ0) is 20.0. The van der Waals surface area contributed by atoms with Gasteiger partial charge in [-0.1, -0.05) is 18.2 Å². The van der Waals surface area contributed by atoms with E-state index in [1.54, 1.807) is 6.92 Å². The molecule has 0 bridgehead atoms. The number of anilines is 1. The summed E-state index contributed by atoms with van der Waals surface area (Å²) < 4.78 is 45.5. The Hall–Kier alpha value is -2.94. The van der Waals surface area contributed by atoms with E-state index in [9.17, 15) is 22.4 Å². The van der Waals surface area contributed by atoms with E-state index < -0.39 is 33.8 Å². The van der Waals surface area contributed by atoms with Crippen LogP contribution in [0.1, 0.15) is 24.2 Å². The highest BCUT2D eigenvalue weighted by Crippen LogP contribution is 2.19. The molecule has 0 radical (unpaired) electrons. The van der Waals surface area contributed by atoms with Crippen LogP contribution in [-0.2, 0) is 19.6 Å². The predicted molar refractivity (Wildman–Crippen MR) is 97.2 cm³/mol. The van der Waals surface area contributed by atoms with Crippen LogP contribution in [-0.4, -0.2) is 32.9 Å².